The average molecular weight is 1850 g/mol. The van der Waals surface area contributed by atoms with Crippen LogP contribution in [0, 0.1) is 0 Å². The van der Waals surface area contributed by atoms with Crippen LogP contribution in [0.15, 0.2) is 11.7 Å². The number of rotatable bonds is 56. The molecule has 21 N–H and O–H groups in total. The molecule has 26 nitrogen and oxygen atoms in total. The minimum absolute atomic E-state index is 0.0473. The number of ether oxygens (including phenoxy) is 2. The van der Waals surface area contributed by atoms with Gasteiger partial charge in [0, 0.05) is 133 Å². The van der Waals surface area contributed by atoms with E-state index in [4.69, 9.17) is 108 Å². The van der Waals surface area contributed by atoms with Crippen LogP contribution in [-0.4, -0.2) is 418 Å². The lowest BCUT2D eigenvalue weighted by molar-refractivity contribution is -0.191. The molecule has 0 radical (unpaired) electrons. The summed E-state index contributed by atoms with van der Waals surface area (Å²) in [6.45, 7) is 15.3. The number of hydrogen-bond acceptors (Lipinski definition) is 40. The van der Waals surface area contributed by atoms with Crippen LogP contribution >= 0.6 is 200 Å². The summed E-state index contributed by atoms with van der Waals surface area (Å²) in [5, 5.41) is 144. The molecule has 1 rings (SSSR count). The SMILES string of the molecule is C=C(OO)SCSCC(=O)O.CC1OCCSCCOC(C)S1.CCSCCSCC(O)CO.CN(C)CCSCCO.CSCC(N)C(=O)O.CSCCC(N)C(=O)O.OCCCSCCCO.OCCSCCCSCCO.OCCSCCO.OCCSCCSCCO.OCCSCSCCO. The zero-order valence-corrected chi connectivity index (χ0v) is 77.6. The van der Waals surface area contributed by atoms with E-state index in [2.05, 4.69) is 51.2 Å². The van der Waals surface area contributed by atoms with Crippen molar-refractivity contribution < 1.29 is 116 Å². The first-order valence-corrected chi connectivity index (χ1v) is 53.5. The third-order valence-electron chi connectivity index (χ3n) is 9.70. The molecule has 1 aliphatic rings. The predicted molar refractivity (Wildman–Crippen MR) is 489 cm³/mol. The molecule has 0 aromatic rings. The Morgan fingerprint density at radius 3 is 1.22 bits per heavy atom. The second-order valence-corrected chi connectivity index (χ2v) is 40.2. The largest absolute Gasteiger partial charge is 0.481 e. The number of carbonyl (C=O) groups is 3. The first-order chi connectivity index (χ1) is 51.0. The maximum atomic E-state index is 10.1. The summed E-state index contributed by atoms with van der Waals surface area (Å²) in [6, 6.07) is -1.39. The van der Waals surface area contributed by atoms with Crippen LogP contribution in [0.25, 0.3) is 0 Å². The van der Waals surface area contributed by atoms with Gasteiger partial charge in [0.25, 0.3) is 0 Å². The smallest absolute Gasteiger partial charge is 0.321 e. The molecule has 1 fully saturated rings. The van der Waals surface area contributed by atoms with Crippen molar-refractivity contribution in [3.05, 3.63) is 11.7 Å². The van der Waals surface area contributed by atoms with Gasteiger partial charge in [0.1, 0.15) is 23.0 Å². The molecule has 0 spiro atoms. The second-order valence-electron chi connectivity index (χ2n) is 19.4. The molecular formula is C63H141N3O23S17. The predicted octanol–water partition coefficient (Wildman–Crippen LogP) is 6.51. The molecule has 1 heterocycles. The Morgan fingerprint density at radius 2 is 0.868 bits per heavy atom. The van der Waals surface area contributed by atoms with Gasteiger partial charge in [-0.2, -0.15) is 141 Å². The molecule has 5 atom stereocenters. The zero-order valence-electron chi connectivity index (χ0n) is 63.7. The van der Waals surface area contributed by atoms with E-state index in [-0.39, 0.29) is 94.4 Å². The van der Waals surface area contributed by atoms with Gasteiger partial charge in [-0.15, -0.1) is 35.3 Å². The van der Waals surface area contributed by atoms with E-state index < -0.39 is 36.1 Å². The molecule has 43 heteroatoms. The molecule has 1 saturated heterocycles. The summed E-state index contributed by atoms with van der Waals surface area (Å²) in [7, 11) is 4.11. The Kier molecular flexibility index (Phi) is 155. The quantitative estimate of drug-likeness (QED) is 0.0101. The minimum Gasteiger partial charge on any atom is -0.481 e. The standard InChI is InChI=1S/C8H16O2S2.2C7H16O2S2.C6H15NOS.C6H14O2S2.C6H14O2S.C5H11NO2S.C5H8O4S2.C5H12O2S2.C4H9NO2S.C4H10O2S/c1-7-9-3-5-11-6-4-10-8(2)12-7;8-2-6-10-4-1-5-11-7-3-9;1-2-10-3-4-11-6-7(9)5-8;1-7(2)3-5-9-6-4-8;7-1-3-9-5-6-10-4-2-8;7-3-1-5-9-6-2-4-8;1-9-3-2-4(6)5(7)8;1-4(9-8)11-3-10-2-5(6)7;6-1-3-8-5-9-4-2-7;1-8-2-3(5)4(6)7;5-1-3-7-4-2-6/h7-8H,3-6H2,1-2H3;8-9H,1-7H2;7-9H,2-6H2,1H3;8H,3-6H2,1-2H3;7-8H,1-6H2;7-8H,1-6H2;4H,2-3,6H2,1H3,(H,7,8);8H,1-3H2,(H,6,7);6-7H,1-5H2;3H,2,5H2,1H3,(H,6,7);5-6H,1-4H2. The van der Waals surface area contributed by atoms with Crippen LogP contribution in [0.3, 0.4) is 0 Å². The lowest BCUT2D eigenvalue weighted by Gasteiger charge is -2.19. The summed E-state index contributed by atoms with van der Waals surface area (Å²) in [5.41, 5.74) is 10.8. The zero-order chi connectivity index (χ0) is 82.4. The van der Waals surface area contributed by atoms with Gasteiger partial charge in [-0.3, -0.25) is 14.4 Å². The van der Waals surface area contributed by atoms with Gasteiger partial charge in [-0.25, -0.2) is 5.26 Å². The van der Waals surface area contributed by atoms with Crippen LogP contribution in [0.4, 0.5) is 0 Å². The van der Waals surface area contributed by atoms with Crippen molar-refractivity contribution in [3.63, 3.8) is 0 Å². The molecule has 0 aliphatic carbocycles. The molecule has 0 saturated carbocycles. The van der Waals surface area contributed by atoms with Crippen LogP contribution < -0.4 is 11.5 Å². The lowest BCUT2D eigenvalue weighted by atomic mass is 10.2. The molecule has 0 bridgehead atoms. The number of nitrogens with two attached hydrogens (primary N) is 2. The molecule has 1 aliphatic heterocycles. The van der Waals surface area contributed by atoms with Crippen molar-refractivity contribution in [2.24, 2.45) is 11.5 Å². The van der Waals surface area contributed by atoms with Gasteiger partial charge in [-0.05, 0) is 107 Å². The highest BCUT2D eigenvalue weighted by Crippen LogP contribution is 2.22. The number of carboxylic acids is 3. The van der Waals surface area contributed by atoms with E-state index in [0.717, 1.165) is 176 Å². The van der Waals surface area contributed by atoms with Crippen molar-refractivity contribution in [1.29, 1.82) is 0 Å². The van der Waals surface area contributed by atoms with Gasteiger partial charge in [0.2, 0.25) is 0 Å². The average Bonchev–Trinajstić information content (AvgIpc) is 1.07. The summed E-state index contributed by atoms with van der Waals surface area (Å²) >= 11 is 28.2. The Hall–Kier alpha value is 3.14. The summed E-state index contributed by atoms with van der Waals surface area (Å²) in [4.78, 5) is 35.9. The molecule has 0 aromatic heterocycles. The van der Waals surface area contributed by atoms with Crippen molar-refractivity contribution in [2.75, 3.05) is 280 Å². The van der Waals surface area contributed by atoms with Crippen molar-refractivity contribution in [2.45, 2.75) is 75.5 Å². The van der Waals surface area contributed by atoms with Crippen molar-refractivity contribution in [3.8, 4) is 0 Å². The Bertz CT molecular complexity index is 1540. The van der Waals surface area contributed by atoms with E-state index in [0.29, 0.717) is 29.6 Å². The van der Waals surface area contributed by atoms with E-state index in [1.165, 1.54) is 29.9 Å². The van der Waals surface area contributed by atoms with Gasteiger partial charge in [-0.1, -0.05) is 30.4 Å². The number of hydrogen-bond donors (Lipinski definition) is 19. The summed E-state index contributed by atoms with van der Waals surface area (Å²) in [5.74, 6) is 19.7. The lowest BCUT2D eigenvalue weighted by Crippen LogP contribution is -2.32. The Labute approximate surface area is 710 Å². The molecule has 0 aromatic carbocycles. The second kappa shape index (κ2) is 126. The summed E-state index contributed by atoms with van der Waals surface area (Å²) < 4.78 is 11.1. The van der Waals surface area contributed by atoms with Gasteiger partial charge in [0.15, 0.2) is 5.09 Å². The first kappa shape index (κ1) is 130. The third kappa shape index (κ3) is 159. The molecule has 5 unspecified atom stereocenters. The minimum atomic E-state index is -0.931. The molecular weight excluding hydrogens is 1710 g/mol. The molecule has 0 amide bonds. The van der Waals surface area contributed by atoms with Crippen LogP contribution in [-0.2, 0) is 28.7 Å². The first-order valence-electron chi connectivity index (χ1n) is 33.8. The highest BCUT2D eigenvalue weighted by molar-refractivity contribution is 8.18. The molecule has 106 heavy (non-hydrogen) atoms. The fraction of sp³-hybridized carbons (Fsp3) is 0.921. The van der Waals surface area contributed by atoms with Crippen molar-refractivity contribution >= 4 is 218 Å². The van der Waals surface area contributed by atoms with Gasteiger partial charge in [0.05, 0.1) is 91.1 Å². The number of aliphatic hydroxyl groups excluding tert-OH is 13. The van der Waals surface area contributed by atoms with Crippen LogP contribution in [0.2, 0.25) is 0 Å². The fourth-order valence-electron chi connectivity index (χ4n) is 4.85. The number of aliphatic carboxylic acids is 3. The van der Waals surface area contributed by atoms with Crippen LogP contribution in [0.1, 0.15) is 46.5 Å². The number of nitrogens with zero attached hydrogens (tertiary/aromatic N) is 1. The highest BCUT2D eigenvalue weighted by atomic mass is 32.2. The number of thioether (sulfide) groups is 17. The molecule has 648 valence electrons. The Morgan fingerprint density at radius 1 is 0.491 bits per heavy atom. The van der Waals surface area contributed by atoms with Gasteiger partial charge < -0.3 is 112 Å². The van der Waals surface area contributed by atoms with E-state index in [9.17, 15) is 14.4 Å². The maximum Gasteiger partial charge on any atom is 0.321 e. The summed E-state index contributed by atoms with van der Waals surface area (Å²) in [6.07, 6.45) is 6.68. The van der Waals surface area contributed by atoms with Gasteiger partial charge >= 0.3 is 17.9 Å². The normalized spacial score (nSPS) is 13.6. The third-order valence-corrected chi connectivity index (χ3v) is 26.8. The monoisotopic (exact) mass is 1850 g/mol. The number of aliphatic hydroxyl groups is 13. The Balaban J connectivity index is -0.000000120. The number of carboxylic acid groups (broad SMARTS) is 3. The topological polar surface area (TPSA) is 478 Å². The maximum absolute atomic E-state index is 10.1. The van der Waals surface area contributed by atoms with E-state index in [1.807, 2.05) is 36.0 Å². The highest BCUT2D eigenvalue weighted by Gasteiger charge is 2.12. The van der Waals surface area contributed by atoms with E-state index in [1.54, 1.807) is 141 Å². The van der Waals surface area contributed by atoms with Crippen LogP contribution in [0.5, 0.6) is 0 Å². The van der Waals surface area contributed by atoms with Crippen molar-refractivity contribution in [1.82, 2.24) is 4.90 Å². The fourth-order valence-corrected chi connectivity index (χ4v) is 17.5. The van der Waals surface area contributed by atoms with E-state index >= 15 is 0 Å².